The normalized spacial score (nSPS) is 13.5. The van der Waals surface area contributed by atoms with Gasteiger partial charge in [-0.2, -0.15) is 0 Å². The summed E-state index contributed by atoms with van der Waals surface area (Å²) >= 11 is 3.52. The second kappa shape index (κ2) is 4.81. The second-order valence-corrected chi connectivity index (χ2v) is 5.78. The monoisotopic (exact) mass is 318 g/mol. The molecule has 3 rings (SSSR count). The van der Waals surface area contributed by atoms with Crippen molar-refractivity contribution >= 4 is 27.6 Å². The minimum absolute atomic E-state index is 0.883. The highest BCUT2D eigenvalue weighted by atomic mass is 79.9. The summed E-state index contributed by atoms with van der Waals surface area (Å²) in [6.07, 6.45) is 3.49. The van der Waals surface area contributed by atoms with Crippen LogP contribution in [0.3, 0.4) is 0 Å². The number of halogens is 1. The first-order valence-electron chi connectivity index (χ1n) is 6.16. The zero-order valence-electron chi connectivity index (χ0n) is 11.0. The molecule has 0 atom stereocenters. The molecule has 0 bridgehead atoms. The van der Waals surface area contributed by atoms with Gasteiger partial charge in [0.25, 0.3) is 0 Å². The van der Waals surface area contributed by atoms with E-state index in [1.165, 1.54) is 11.1 Å². The van der Waals surface area contributed by atoms with Crippen molar-refractivity contribution in [1.82, 2.24) is 9.97 Å². The molecule has 0 N–H and O–H groups in total. The molecule has 2 heterocycles. The SMILES string of the molecule is CN(C)c1nccnc1N1Cc2ccc(Br)cc2C1. The third kappa shape index (κ3) is 2.30. The van der Waals surface area contributed by atoms with Crippen molar-refractivity contribution in [2.24, 2.45) is 0 Å². The van der Waals surface area contributed by atoms with Crippen LogP contribution in [0.5, 0.6) is 0 Å². The molecule has 98 valence electrons. The van der Waals surface area contributed by atoms with E-state index in [0.717, 1.165) is 29.2 Å². The number of rotatable bonds is 2. The standard InChI is InChI=1S/C14H15BrN4/c1-18(2)13-14(17-6-5-16-13)19-8-10-3-4-12(15)7-11(10)9-19/h3-7H,8-9H2,1-2H3. The molecule has 0 amide bonds. The molecule has 5 heteroatoms. The molecule has 4 nitrogen and oxygen atoms in total. The lowest BCUT2D eigenvalue weighted by molar-refractivity contribution is 0.842. The van der Waals surface area contributed by atoms with E-state index in [1.807, 2.05) is 19.0 Å². The molecule has 1 aliphatic heterocycles. The minimum atomic E-state index is 0.883. The van der Waals surface area contributed by atoms with Gasteiger partial charge in [-0.3, -0.25) is 0 Å². The fraction of sp³-hybridized carbons (Fsp3) is 0.286. The quantitative estimate of drug-likeness (QED) is 0.852. The minimum Gasteiger partial charge on any atom is -0.360 e. The molecule has 19 heavy (non-hydrogen) atoms. The smallest absolute Gasteiger partial charge is 0.172 e. The van der Waals surface area contributed by atoms with Crippen LogP contribution in [-0.2, 0) is 13.1 Å². The van der Waals surface area contributed by atoms with Crippen LogP contribution >= 0.6 is 15.9 Å². The van der Waals surface area contributed by atoms with E-state index in [4.69, 9.17) is 0 Å². The van der Waals surface area contributed by atoms with E-state index in [-0.39, 0.29) is 0 Å². The van der Waals surface area contributed by atoms with Gasteiger partial charge in [0.05, 0.1) is 0 Å². The number of fused-ring (bicyclic) bond motifs is 1. The molecule has 0 saturated heterocycles. The summed E-state index contributed by atoms with van der Waals surface area (Å²) in [5.74, 6) is 1.86. The van der Waals surface area contributed by atoms with Crippen LogP contribution in [-0.4, -0.2) is 24.1 Å². The van der Waals surface area contributed by atoms with Gasteiger partial charge in [-0.15, -0.1) is 0 Å². The van der Waals surface area contributed by atoms with Crippen molar-refractivity contribution < 1.29 is 0 Å². The molecular weight excluding hydrogens is 304 g/mol. The average Bonchev–Trinajstić information content (AvgIpc) is 2.81. The Labute approximate surface area is 121 Å². The van der Waals surface area contributed by atoms with Gasteiger partial charge >= 0.3 is 0 Å². The van der Waals surface area contributed by atoms with Crippen molar-refractivity contribution in [1.29, 1.82) is 0 Å². The van der Waals surface area contributed by atoms with E-state index in [1.54, 1.807) is 12.4 Å². The Balaban J connectivity index is 1.95. The van der Waals surface area contributed by atoms with Gasteiger partial charge in [-0.05, 0) is 23.3 Å². The maximum absolute atomic E-state index is 4.50. The van der Waals surface area contributed by atoms with Gasteiger partial charge in [0.15, 0.2) is 11.6 Å². The largest absolute Gasteiger partial charge is 0.360 e. The van der Waals surface area contributed by atoms with Crippen LogP contribution in [0.1, 0.15) is 11.1 Å². The summed E-state index contributed by atoms with van der Waals surface area (Å²) in [6, 6.07) is 6.44. The Morgan fingerprint density at radius 2 is 1.84 bits per heavy atom. The van der Waals surface area contributed by atoms with E-state index < -0.39 is 0 Å². The van der Waals surface area contributed by atoms with Crippen molar-refractivity contribution in [2.75, 3.05) is 23.9 Å². The number of hydrogen-bond acceptors (Lipinski definition) is 4. The summed E-state index contributed by atoms with van der Waals surface area (Å²) in [5.41, 5.74) is 2.71. The predicted molar refractivity (Wildman–Crippen MR) is 80.4 cm³/mol. The molecule has 0 aliphatic carbocycles. The van der Waals surface area contributed by atoms with Gasteiger partial charge in [0, 0.05) is 44.1 Å². The third-order valence-electron chi connectivity index (χ3n) is 3.27. The summed E-state index contributed by atoms with van der Waals surface area (Å²) < 4.78 is 1.13. The summed E-state index contributed by atoms with van der Waals surface area (Å²) in [6.45, 7) is 1.77. The maximum Gasteiger partial charge on any atom is 0.172 e. The Hall–Kier alpha value is -1.62. The van der Waals surface area contributed by atoms with Crippen LogP contribution in [0, 0.1) is 0 Å². The molecule has 0 saturated carbocycles. The molecule has 0 fully saturated rings. The summed E-state index contributed by atoms with van der Waals surface area (Å²) in [5, 5.41) is 0. The summed E-state index contributed by atoms with van der Waals surface area (Å²) in [4.78, 5) is 13.2. The van der Waals surface area contributed by atoms with E-state index in [9.17, 15) is 0 Å². The predicted octanol–water partition coefficient (Wildman–Crippen LogP) is 2.83. The fourth-order valence-electron chi connectivity index (χ4n) is 2.37. The van der Waals surface area contributed by atoms with Gasteiger partial charge in [0.2, 0.25) is 0 Å². The Bertz CT molecular complexity index is 612. The number of nitrogens with zero attached hydrogens (tertiary/aromatic N) is 4. The third-order valence-corrected chi connectivity index (χ3v) is 3.77. The molecule has 0 spiro atoms. The van der Waals surface area contributed by atoms with Gasteiger partial charge in [-0.1, -0.05) is 22.0 Å². The Morgan fingerprint density at radius 3 is 2.63 bits per heavy atom. The van der Waals surface area contributed by atoms with E-state index >= 15 is 0 Å². The number of anilines is 2. The highest BCUT2D eigenvalue weighted by Crippen LogP contribution is 2.32. The first kappa shape index (κ1) is 12.4. The highest BCUT2D eigenvalue weighted by molar-refractivity contribution is 9.10. The van der Waals surface area contributed by atoms with Crippen LogP contribution in [0.4, 0.5) is 11.6 Å². The first-order chi connectivity index (χ1) is 9.15. The lowest BCUT2D eigenvalue weighted by atomic mass is 10.1. The number of hydrogen-bond donors (Lipinski definition) is 0. The molecular formula is C14H15BrN4. The molecule has 1 aliphatic rings. The summed E-state index contributed by atoms with van der Waals surface area (Å²) in [7, 11) is 3.99. The zero-order chi connectivity index (χ0) is 13.4. The lowest BCUT2D eigenvalue weighted by Crippen LogP contribution is -2.21. The topological polar surface area (TPSA) is 32.3 Å². The lowest BCUT2D eigenvalue weighted by Gasteiger charge is -2.22. The maximum atomic E-state index is 4.50. The first-order valence-corrected chi connectivity index (χ1v) is 6.95. The van der Waals surface area contributed by atoms with E-state index in [0.29, 0.717) is 0 Å². The number of aromatic nitrogens is 2. The molecule has 0 radical (unpaired) electrons. The zero-order valence-corrected chi connectivity index (χ0v) is 12.6. The van der Waals surface area contributed by atoms with Crippen molar-refractivity contribution in [3.8, 4) is 0 Å². The number of benzene rings is 1. The van der Waals surface area contributed by atoms with Crippen LogP contribution in [0.15, 0.2) is 35.1 Å². The molecule has 2 aromatic rings. The van der Waals surface area contributed by atoms with Gasteiger partial charge in [0.1, 0.15) is 0 Å². The van der Waals surface area contributed by atoms with Gasteiger partial charge in [-0.25, -0.2) is 9.97 Å². The Kier molecular flexibility index (Phi) is 3.14. The van der Waals surface area contributed by atoms with Crippen molar-refractivity contribution in [2.45, 2.75) is 13.1 Å². The van der Waals surface area contributed by atoms with Crippen molar-refractivity contribution in [3.63, 3.8) is 0 Å². The van der Waals surface area contributed by atoms with Crippen LogP contribution in [0.25, 0.3) is 0 Å². The molecule has 0 unspecified atom stereocenters. The molecule has 1 aromatic carbocycles. The van der Waals surface area contributed by atoms with Crippen molar-refractivity contribution in [3.05, 3.63) is 46.2 Å². The van der Waals surface area contributed by atoms with Crippen LogP contribution < -0.4 is 9.80 Å². The Morgan fingerprint density at radius 1 is 1.11 bits per heavy atom. The van der Waals surface area contributed by atoms with Gasteiger partial charge < -0.3 is 9.80 Å². The van der Waals surface area contributed by atoms with E-state index in [2.05, 4.69) is 49.0 Å². The van der Waals surface area contributed by atoms with Crippen LogP contribution in [0.2, 0.25) is 0 Å². The average molecular weight is 319 g/mol. The molecule has 1 aromatic heterocycles. The fourth-order valence-corrected chi connectivity index (χ4v) is 2.78. The second-order valence-electron chi connectivity index (χ2n) is 4.87. The highest BCUT2D eigenvalue weighted by Gasteiger charge is 2.23.